The van der Waals surface area contributed by atoms with Crippen LogP contribution in [-0.2, 0) is 9.16 Å². The fraction of sp³-hybridized carbons (Fsp3) is 0.464. The van der Waals surface area contributed by atoms with E-state index in [1.807, 2.05) is 32.9 Å². The Kier molecular flexibility index (Phi) is 7.38. The van der Waals surface area contributed by atoms with Crippen LogP contribution >= 0.6 is 0 Å². The molecule has 0 bridgehead atoms. The molecule has 1 aromatic heterocycles. The van der Waals surface area contributed by atoms with E-state index in [2.05, 4.69) is 84.7 Å². The number of nitrogens with zero attached hydrogens (tertiary/aromatic N) is 3. The fourth-order valence-corrected chi connectivity index (χ4v) is 9.86. The molecule has 1 saturated heterocycles. The number of H-pyrrole nitrogens is 1. The highest BCUT2D eigenvalue weighted by molar-refractivity contribution is 6.99. The topological polar surface area (TPSA) is 80.3 Å². The molecule has 0 radical (unpaired) electrons. The lowest BCUT2D eigenvalue weighted by Crippen LogP contribution is -2.68. The van der Waals surface area contributed by atoms with E-state index in [0.717, 1.165) is 12.1 Å². The van der Waals surface area contributed by atoms with Gasteiger partial charge < -0.3 is 14.1 Å². The van der Waals surface area contributed by atoms with E-state index >= 15 is 0 Å². The minimum absolute atomic E-state index is 0.00627. The molecular formula is C28H38N4O3Si. The summed E-state index contributed by atoms with van der Waals surface area (Å²) in [7, 11) is -2.78. The second-order valence-corrected chi connectivity index (χ2v) is 15.9. The molecule has 0 aliphatic carbocycles. The highest BCUT2D eigenvalue weighted by Gasteiger charge is 2.52. The predicted octanol–water partition coefficient (Wildman–Crippen LogP) is 4.47. The van der Waals surface area contributed by atoms with Crippen LogP contribution in [0.15, 0.2) is 66.9 Å². The summed E-state index contributed by atoms with van der Waals surface area (Å²) < 4.78 is 13.1. The van der Waals surface area contributed by atoms with Gasteiger partial charge in [-0.1, -0.05) is 81.4 Å². The molecule has 36 heavy (non-hydrogen) atoms. The van der Waals surface area contributed by atoms with Crippen LogP contribution in [0.4, 0.5) is 4.79 Å². The Hall–Kier alpha value is -2.97. The zero-order valence-corrected chi connectivity index (χ0v) is 23.2. The molecule has 1 amide bonds. The highest BCUT2D eigenvalue weighted by Crippen LogP contribution is 2.39. The minimum Gasteiger partial charge on any atom is -0.444 e. The van der Waals surface area contributed by atoms with Crippen LogP contribution in [0.2, 0.25) is 5.04 Å². The van der Waals surface area contributed by atoms with Gasteiger partial charge in [-0.2, -0.15) is 15.4 Å². The Labute approximate surface area is 215 Å². The van der Waals surface area contributed by atoms with E-state index in [1.54, 1.807) is 11.1 Å². The summed E-state index contributed by atoms with van der Waals surface area (Å²) in [6, 6.07) is 21.2. The Bertz CT molecular complexity index is 1090. The van der Waals surface area contributed by atoms with Crippen LogP contribution in [-0.4, -0.2) is 59.5 Å². The number of nitrogens with one attached hydrogen (secondary N) is 1. The van der Waals surface area contributed by atoms with Crippen LogP contribution in [0.25, 0.3) is 0 Å². The lowest BCUT2D eigenvalue weighted by molar-refractivity contribution is 0.00254. The Morgan fingerprint density at radius 2 is 1.53 bits per heavy atom. The summed E-state index contributed by atoms with van der Waals surface area (Å²) in [4.78, 5) is 15.0. The first kappa shape index (κ1) is 26.1. The van der Waals surface area contributed by atoms with Crippen molar-refractivity contribution in [1.29, 1.82) is 0 Å². The lowest BCUT2D eigenvalue weighted by Gasteiger charge is -2.47. The van der Waals surface area contributed by atoms with Crippen molar-refractivity contribution in [2.45, 2.75) is 70.6 Å². The van der Waals surface area contributed by atoms with Crippen molar-refractivity contribution >= 4 is 24.8 Å². The van der Waals surface area contributed by atoms with Crippen LogP contribution in [0.1, 0.15) is 59.6 Å². The van der Waals surface area contributed by atoms with E-state index in [-0.39, 0.29) is 23.2 Å². The maximum absolute atomic E-state index is 13.2. The van der Waals surface area contributed by atoms with Crippen LogP contribution < -0.4 is 10.4 Å². The number of benzene rings is 2. The normalized spacial score (nSPS) is 19.2. The number of aromatic amines is 1. The molecule has 2 aromatic carbocycles. The van der Waals surface area contributed by atoms with Crippen molar-refractivity contribution in [3.63, 3.8) is 0 Å². The fourth-order valence-electron chi connectivity index (χ4n) is 5.18. The number of rotatable bonds is 5. The first-order valence-electron chi connectivity index (χ1n) is 12.6. The van der Waals surface area contributed by atoms with E-state index in [4.69, 9.17) is 9.16 Å². The zero-order valence-electron chi connectivity index (χ0n) is 22.2. The lowest BCUT2D eigenvalue weighted by atomic mass is 9.94. The number of amides is 1. The van der Waals surface area contributed by atoms with Crippen LogP contribution in [0.5, 0.6) is 0 Å². The molecule has 192 valence electrons. The molecule has 7 nitrogen and oxygen atoms in total. The smallest absolute Gasteiger partial charge is 0.410 e. The first-order valence-corrected chi connectivity index (χ1v) is 14.5. The number of aromatic nitrogens is 3. The van der Waals surface area contributed by atoms with Crippen molar-refractivity contribution in [3.8, 4) is 0 Å². The van der Waals surface area contributed by atoms with Gasteiger partial charge in [0.25, 0.3) is 8.32 Å². The summed E-state index contributed by atoms with van der Waals surface area (Å²) in [6.07, 6.45) is 1.96. The van der Waals surface area contributed by atoms with Crippen molar-refractivity contribution < 1.29 is 14.0 Å². The number of carbonyl (C=O) groups excluding carboxylic acids is 1. The summed E-state index contributed by atoms with van der Waals surface area (Å²) in [6.45, 7) is 13.4. The van der Waals surface area contributed by atoms with E-state index in [0.29, 0.717) is 13.1 Å². The molecule has 1 N–H and O–H groups in total. The first-order chi connectivity index (χ1) is 17.0. The summed E-state index contributed by atoms with van der Waals surface area (Å²) in [5, 5.41) is 13.4. The molecule has 0 saturated carbocycles. The molecule has 2 heterocycles. The van der Waals surface area contributed by atoms with E-state index in [1.165, 1.54) is 10.4 Å². The predicted molar refractivity (Wildman–Crippen MR) is 144 cm³/mol. The van der Waals surface area contributed by atoms with Gasteiger partial charge in [0, 0.05) is 19.0 Å². The molecule has 3 aromatic rings. The molecule has 8 heteroatoms. The second kappa shape index (κ2) is 10.2. The molecule has 1 aliphatic heterocycles. The van der Waals surface area contributed by atoms with Gasteiger partial charge in [0.05, 0.1) is 18.0 Å². The van der Waals surface area contributed by atoms with Crippen molar-refractivity contribution in [2.24, 2.45) is 0 Å². The van der Waals surface area contributed by atoms with E-state index < -0.39 is 13.9 Å². The summed E-state index contributed by atoms with van der Waals surface area (Å²) >= 11 is 0. The Balaban J connectivity index is 1.76. The van der Waals surface area contributed by atoms with Gasteiger partial charge in [-0.3, -0.25) is 0 Å². The van der Waals surface area contributed by atoms with E-state index in [9.17, 15) is 4.79 Å². The van der Waals surface area contributed by atoms with Gasteiger partial charge in [0.2, 0.25) is 0 Å². The maximum Gasteiger partial charge on any atom is 0.410 e. The number of hydrogen-bond acceptors (Lipinski definition) is 5. The van der Waals surface area contributed by atoms with Gasteiger partial charge in [-0.15, -0.1) is 0 Å². The third-order valence-corrected chi connectivity index (χ3v) is 11.8. The number of likely N-dealkylation sites (tertiary alicyclic amines) is 1. The molecule has 1 aliphatic rings. The zero-order chi connectivity index (χ0) is 26.0. The summed E-state index contributed by atoms with van der Waals surface area (Å²) in [5.74, 6) is -0.00627. The Morgan fingerprint density at radius 1 is 0.944 bits per heavy atom. The molecule has 1 fully saturated rings. The monoisotopic (exact) mass is 506 g/mol. The number of ether oxygens (including phenoxy) is 1. The second-order valence-electron chi connectivity index (χ2n) is 11.6. The summed E-state index contributed by atoms with van der Waals surface area (Å²) in [5.41, 5.74) is 0.256. The van der Waals surface area contributed by atoms with Crippen molar-refractivity contribution in [2.75, 3.05) is 13.1 Å². The molecular weight excluding hydrogens is 468 g/mol. The highest BCUT2D eigenvalue weighted by atomic mass is 28.4. The minimum atomic E-state index is -2.78. The third-order valence-electron chi connectivity index (χ3n) is 6.68. The molecule has 0 spiro atoms. The van der Waals surface area contributed by atoms with Gasteiger partial charge in [0.1, 0.15) is 5.60 Å². The van der Waals surface area contributed by atoms with Gasteiger partial charge in [-0.25, -0.2) is 4.79 Å². The molecule has 2 atom stereocenters. The maximum atomic E-state index is 13.2. The SMILES string of the molecule is CC(C)(C)OC(=O)N1CC(O[Si](c2ccccc2)(c2ccccc2)C(C)(C)C)CC(c2cn[nH]n2)C1. The largest absolute Gasteiger partial charge is 0.444 e. The quantitative estimate of drug-likeness (QED) is 0.517. The van der Waals surface area contributed by atoms with Crippen LogP contribution in [0, 0.1) is 0 Å². The third kappa shape index (κ3) is 5.55. The number of hydrogen-bond donors (Lipinski definition) is 1. The molecule has 2 unspecified atom stereocenters. The van der Waals surface area contributed by atoms with Gasteiger partial charge in [0.15, 0.2) is 0 Å². The standard InChI is InChI=1S/C28H38N4O3Si/c1-27(2,3)34-26(33)32-19-21(25-18-29-31-30-25)17-22(20-32)35-36(28(4,5)6,23-13-9-7-10-14-23)24-15-11-8-12-16-24/h7-16,18,21-22H,17,19-20H2,1-6H3,(H,29,30,31). The number of piperidine rings is 1. The average Bonchev–Trinajstić information content (AvgIpc) is 3.37. The van der Waals surface area contributed by atoms with Crippen LogP contribution in [0.3, 0.4) is 0 Å². The van der Waals surface area contributed by atoms with Gasteiger partial charge >= 0.3 is 6.09 Å². The van der Waals surface area contributed by atoms with Gasteiger partial charge in [-0.05, 0) is 42.6 Å². The molecule has 4 rings (SSSR count). The van der Waals surface area contributed by atoms with Crippen molar-refractivity contribution in [1.82, 2.24) is 20.3 Å². The average molecular weight is 507 g/mol. The number of carbonyl (C=O) groups is 1. The van der Waals surface area contributed by atoms with Crippen molar-refractivity contribution in [3.05, 3.63) is 72.6 Å². The Morgan fingerprint density at radius 3 is 2.00 bits per heavy atom.